The number of likely N-dealkylation sites (tertiary alicyclic amines) is 1. The first kappa shape index (κ1) is 39.1. The van der Waals surface area contributed by atoms with Crippen LogP contribution in [0.2, 0.25) is 0 Å². The van der Waals surface area contributed by atoms with Crippen molar-refractivity contribution in [2.75, 3.05) is 12.3 Å². The Kier molecular flexibility index (Phi) is 11.6. The summed E-state index contributed by atoms with van der Waals surface area (Å²) in [5.74, 6) is -3.34. The van der Waals surface area contributed by atoms with Crippen LogP contribution >= 0.6 is 0 Å². The average molecular weight is 708 g/mol. The predicted octanol–water partition coefficient (Wildman–Crippen LogP) is 3.75. The highest BCUT2D eigenvalue weighted by molar-refractivity contribution is 7.92. The zero-order chi connectivity index (χ0) is 36.6. The molecule has 0 bridgehead atoms. The monoisotopic (exact) mass is 707 g/mol. The van der Waals surface area contributed by atoms with Gasteiger partial charge < -0.3 is 26.6 Å². The number of sulfone groups is 1. The van der Waals surface area contributed by atoms with Crippen molar-refractivity contribution in [1.82, 2.24) is 20.9 Å². The van der Waals surface area contributed by atoms with E-state index in [-0.39, 0.29) is 23.0 Å². The van der Waals surface area contributed by atoms with Crippen molar-refractivity contribution in [3.8, 4) is 0 Å². The van der Waals surface area contributed by atoms with Crippen molar-refractivity contribution in [2.24, 2.45) is 28.4 Å². The Morgan fingerprint density at radius 1 is 0.837 bits per heavy atom. The maximum absolute atomic E-state index is 14.6. The standard InChI is InChI=1S/C36H61N5O7S/c1-33(2,3)28(39-32(46)40-36(19-9-8-10-20-36)22-49(47,48)34(4,5)6)31(45)41-21-16-24(35(7)17-11-12-18-35)26(41)30(44)38-25(23-14-13-15-23)27(42)29(37)43/h23-26,28H,8-22H2,1-7H3,(H2,37,43)(H,38,44)(H2,39,40,46)/t24?,25?,26?,28-/m1/s1. The summed E-state index contributed by atoms with van der Waals surface area (Å²) in [6.07, 6.45) is 10.3. The quantitative estimate of drug-likeness (QED) is 0.236. The van der Waals surface area contributed by atoms with Crippen LogP contribution in [0.3, 0.4) is 0 Å². The number of nitrogens with zero attached hydrogens (tertiary/aromatic N) is 1. The highest BCUT2D eigenvalue weighted by atomic mass is 32.2. The van der Waals surface area contributed by atoms with Gasteiger partial charge in [-0.05, 0) is 88.4 Å². The summed E-state index contributed by atoms with van der Waals surface area (Å²) in [7, 11) is -3.57. The van der Waals surface area contributed by atoms with Crippen LogP contribution in [0.4, 0.5) is 4.79 Å². The minimum absolute atomic E-state index is 0.174. The lowest BCUT2D eigenvalue weighted by Crippen LogP contribution is -2.64. The first-order valence-corrected chi connectivity index (χ1v) is 20.0. The molecule has 5 N–H and O–H groups in total. The Morgan fingerprint density at radius 2 is 1.41 bits per heavy atom. The van der Waals surface area contributed by atoms with Crippen LogP contribution in [0.5, 0.6) is 0 Å². The van der Waals surface area contributed by atoms with Crippen LogP contribution in [-0.2, 0) is 29.0 Å². The van der Waals surface area contributed by atoms with Crippen molar-refractivity contribution in [1.29, 1.82) is 0 Å². The van der Waals surface area contributed by atoms with Gasteiger partial charge in [0.25, 0.3) is 5.91 Å². The lowest BCUT2D eigenvalue weighted by Gasteiger charge is -2.42. The Hall–Kier alpha value is -2.70. The third-order valence-corrected chi connectivity index (χ3v) is 14.8. The van der Waals surface area contributed by atoms with Gasteiger partial charge in [-0.3, -0.25) is 19.2 Å². The molecule has 49 heavy (non-hydrogen) atoms. The summed E-state index contributed by atoms with van der Waals surface area (Å²) in [6, 6.07) is -3.58. The molecule has 13 heteroatoms. The topological polar surface area (TPSA) is 185 Å². The number of rotatable bonds is 11. The Morgan fingerprint density at radius 3 is 1.90 bits per heavy atom. The fraction of sp³-hybridized carbons (Fsp3) is 0.861. The average Bonchev–Trinajstić information content (AvgIpc) is 3.60. The molecule has 4 rings (SSSR count). The molecule has 0 radical (unpaired) electrons. The van der Waals surface area contributed by atoms with E-state index in [4.69, 9.17) is 5.73 Å². The molecule has 278 valence electrons. The minimum Gasteiger partial charge on any atom is -0.363 e. The number of urea groups is 1. The van der Waals surface area contributed by atoms with Gasteiger partial charge in [0.05, 0.1) is 16.0 Å². The molecule has 0 aromatic heterocycles. The van der Waals surface area contributed by atoms with E-state index < -0.39 is 73.2 Å². The molecule has 0 aromatic rings. The van der Waals surface area contributed by atoms with Gasteiger partial charge in [-0.1, -0.05) is 66.2 Å². The number of ketones is 1. The Bertz CT molecular complexity index is 1380. The van der Waals surface area contributed by atoms with Crippen LogP contribution in [0, 0.1) is 22.7 Å². The molecule has 12 nitrogen and oxygen atoms in total. The molecule has 4 aliphatic rings. The van der Waals surface area contributed by atoms with Gasteiger partial charge in [0.2, 0.25) is 17.6 Å². The van der Waals surface area contributed by atoms with Crippen LogP contribution in [0.25, 0.3) is 0 Å². The van der Waals surface area contributed by atoms with E-state index in [0.29, 0.717) is 38.6 Å². The SMILES string of the molecule is CC1(C2CCN(C(=O)[C@@H](NC(=O)NC3(CS(=O)(=O)C(C)(C)C)CCCCC3)C(C)(C)C)C2C(=O)NC(C(=O)C(N)=O)C2CCC2)CCCC1. The number of Topliss-reactive ketones (excluding diaryl/α,β-unsaturated/α-hetero) is 1. The molecule has 0 aromatic carbocycles. The fourth-order valence-corrected chi connectivity index (χ4v) is 10.1. The maximum atomic E-state index is 14.6. The third kappa shape index (κ3) is 8.61. The molecule has 3 aliphatic carbocycles. The molecule has 1 heterocycles. The van der Waals surface area contributed by atoms with Crippen LogP contribution in [0.15, 0.2) is 0 Å². The van der Waals surface area contributed by atoms with E-state index >= 15 is 0 Å². The highest BCUT2D eigenvalue weighted by Crippen LogP contribution is 2.50. The van der Waals surface area contributed by atoms with E-state index in [1.165, 1.54) is 0 Å². The molecule has 4 fully saturated rings. The molecule has 0 spiro atoms. The molecule has 3 unspecified atom stereocenters. The number of hydrogen-bond acceptors (Lipinski definition) is 7. The first-order chi connectivity index (χ1) is 22.6. The van der Waals surface area contributed by atoms with E-state index in [1.807, 2.05) is 20.8 Å². The molecule has 4 atom stereocenters. The Labute approximate surface area is 293 Å². The molecule has 3 saturated carbocycles. The molecular formula is C36H61N5O7S. The number of nitrogens with one attached hydrogen (secondary N) is 3. The summed E-state index contributed by atoms with van der Waals surface area (Å²) in [5, 5.41) is 8.80. The van der Waals surface area contributed by atoms with Crippen molar-refractivity contribution in [3.63, 3.8) is 0 Å². The minimum atomic E-state index is -3.57. The van der Waals surface area contributed by atoms with E-state index in [0.717, 1.165) is 51.4 Å². The van der Waals surface area contributed by atoms with Crippen LogP contribution in [0.1, 0.15) is 132 Å². The van der Waals surface area contributed by atoms with E-state index in [2.05, 4.69) is 22.9 Å². The zero-order valence-corrected chi connectivity index (χ0v) is 31.6. The Balaban J connectivity index is 1.61. The fourth-order valence-electron chi connectivity index (χ4n) is 8.55. The zero-order valence-electron chi connectivity index (χ0n) is 30.8. The lowest BCUT2D eigenvalue weighted by molar-refractivity contribution is -0.146. The largest absolute Gasteiger partial charge is 0.363 e. The van der Waals surface area contributed by atoms with Gasteiger partial charge in [-0.25, -0.2) is 13.2 Å². The summed E-state index contributed by atoms with van der Waals surface area (Å²) in [5.41, 5.74) is 3.48. The predicted molar refractivity (Wildman–Crippen MR) is 188 cm³/mol. The molecule has 1 saturated heterocycles. The van der Waals surface area contributed by atoms with Gasteiger partial charge in [0.1, 0.15) is 18.1 Å². The summed E-state index contributed by atoms with van der Waals surface area (Å²) < 4.78 is 25.7. The lowest BCUT2D eigenvalue weighted by atomic mass is 9.71. The van der Waals surface area contributed by atoms with Gasteiger partial charge >= 0.3 is 6.03 Å². The number of hydrogen-bond donors (Lipinski definition) is 4. The first-order valence-electron chi connectivity index (χ1n) is 18.4. The third-order valence-electron chi connectivity index (χ3n) is 12.0. The molecule has 5 amide bonds. The second kappa shape index (κ2) is 14.5. The summed E-state index contributed by atoms with van der Waals surface area (Å²) in [6.45, 7) is 13.0. The summed E-state index contributed by atoms with van der Waals surface area (Å²) in [4.78, 5) is 69.1. The van der Waals surface area contributed by atoms with Crippen molar-refractivity contribution in [2.45, 2.75) is 160 Å². The number of carbonyl (C=O) groups is 5. The van der Waals surface area contributed by atoms with E-state index in [9.17, 15) is 32.4 Å². The number of nitrogens with two attached hydrogens (primary N) is 1. The number of primary amides is 1. The van der Waals surface area contributed by atoms with Crippen molar-refractivity contribution in [3.05, 3.63) is 0 Å². The van der Waals surface area contributed by atoms with Gasteiger partial charge in [0.15, 0.2) is 9.84 Å². The van der Waals surface area contributed by atoms with Crippen molar-refractivity contribution >= 4 is 39.4 Å². The highest BCUT2D eigenvalue weighted by Gasteiger charge is 2.54. The second-order valence-corrected chi connectivity index (χ2v) is 20.5. The normalized spacial score (nSPS) is 25.5. The smallest absolute Gasteiger partial charge is 0.315 e. The number of carbonyl (C=O) groups excluding carboxylic acids is 5. The van der Waals surface area contributed by atoms with Crippen LogP contribution < -0.4 is 21.7 Å². The molecule has 1 aliphatic heterocycles. The van der Waals surface area contributed by atoms with E-state index in [1.54, 1.807) is 25.7 Å². The van der Waals surface area contributed by atoms with Gasteiger partial charge in [0, 0.05) is 6.54 Å². The second-order valence-electron chi connectivity index (χ2n) is 17.7. The maximum Gasteiger partial charge on any atom is 0.315 e. The molecular weight excluding hydrogens is 646 g/mol. The van der Waals surface area contributed by atoms with Crippen LogP contribution in [-0.4, -0.2) is 83.6 Å². The summed E-state index contributed by atoms with van der Waals surface area (Å²) >= 11 is 0. The number of amides is 5. The van der Waals surface area contributed by atoms with Crippen molar-refractivity contribution < 1.29 is 32.4 Å². The van der Waals surface area contributed by atoms with Gasteiger partial charge in [-0.15, -0.1) is 0 Å². The van der Waals surface area contributed by atoms with Gasteiger partial charge in [-0.2, -0.15) is 0 Å².